The van der Waals surface area contributed by atoms with Gasteiger partial charge in [-0.1, -0.05) is 12.1 Å². The second kappa shape index (κ2) is 4.56. The Morgan fingerprint density at radius 1 is 1.21 bits per heavy atom. The number of rotatable bonds is 3. The lowest BCUT2D eigenvalue weighted by Crippen LogP contribution is -2.12. The van der Waals surface area contributed by atoms with Gasteiger partial charge in [0.2, 0.25) is 0 Å². The van der Waals surface area contributed by atoms with E-state index in [9.17, 15) is 13.2 Å². The van der Waals surface area contributed by atoms with Gasteiger partial charge in [-0.05, 0) is 17.7 Å². The van der Waals surface area contributed by atoms with Crippen LogP contribution in [-0.2, 0) is 6.54 Å². The van der Waals surface area contributed by atoms with Crippen LogP contribution in [0.2, 0.25) is 0 Å². The van der Waals surface area contributed by atoms with E-state index >= 15 is 0 Å². The van der Waals surface area contributed by atoms with Crippen LogP contribution in [0.5, 0.6) is 0 Å². The first-order valence-corrected chi connectivity index (χ1v) is 4.61. The molecule has 1 aromatic carbocycles. The maximum atomic E-state index is 11.7. The Balaban J connectivity index is 2.35. The molecule has 3 N–H and O–H groups in total. The Kier molecular flexibility index (Phi) is 3.65. The fourth-order valence-electron chi connectivity index (χ4n) is 0.837. The lowest BCUT2D eigenvalue weighted by molar-refractivity contribution is -0.0336. The Morgan fingerprint density at radius 2 is 1.79 bits per heavy atom. The van der Waals surface area contributed by atoms with Crippen molar-refractivity contribution in [3.05, 3.63) is 29.8 Å². The van der Waals surface area contributed by atoms with Crippen molar-refractivity contribution in [3.63, 3.8) is 0 Å². The molecule has 0 aromatic heterocycles. The van der Waals surface area contributed by atoms with Crippen LogP contribution >= 0.6 is 11.9 Å². The molecule has 1 aromatic rings. The normalized spacial score (nSPS) is 11.6. The third kappa shape index (κ3) is 4.38. The molecule has 2 nitrogen and oxygen atoms in total. The maximum Gasteiger partial charge on any atom is 0.456 e. The van der Waals surface area contributed by atoms with Crippen molar-refractivity contribution in [1.29, 1.82) is 0 Å². The number of benzene rings is 1. The third-order valence-corrected chi connectivity index (χ3v) is 1.96. The van der Waals surface area contributed by atoms with E-state index in [2.05, 4.69) is 4.72 Å². The summed E-state index contributed by atoms with van der Waals surface area (Å²) in [5, 5.41) is 0. The van der Waals surface area contributed by atoms with Gasteiger partial charge >= 0.3 is 5.51 Å². The number of alkyl halides is 3. The van der Waals surface area contributed by atoms with Crippen LogP contribution in [0.1, 0.15) is 5.56 Å². The molecule has 0 saturated carbocycles. The Labute approximate surface area is 83.8 Å². The van der Waals surface area contributed by atoms with Crippen LogP contribution in [0, 0.1) is 0 Å². The van der Waals surface area contributed by atoms with E-state index in [0.29, 0.717) is 5.69 Å². The number of nitrogen functional groups attached to an aromatic ring is 1. The van der Waals surface area contributed by atoms with E-state index in [1.165, 1.54) is 0 Å². The van der Waals surface area contributed by atoms with Crippen LogP contribution in [0.4, 0.5) is 18.9 Å². The van der Waals surface area contributed by atoms with Crippen molar-refractivity contribution in [3.8, 4) is 0 Å². The van der Waals surface area contributed by atoms with E-state index in [0.717, 1.165) is 5.56 Å². The quantitative estimate of drug-likeness (QED) is 0.609. The summed E-state index contributed by atoms with van der Waals surface area (Å²) in [6, 6.07) is 6.66. The van der Waals surface area contributed by atoms with Crippen LogP contribution in [0.3, 0.4) is 0 Å². The monoisotopic (exact) mass is 222 g/mol. The van der Waals surface area contributed by atoms with Crippen molar-refractivity contribution in [2.75, 3.05) is 5.73 Å². The van der Waals surface area contributed by atoms with Crippen molar-refractivity contribution < 1.29 is 13.2 Å². The van der Waals surface area contributed by atoms with Gasteiger partial charge in [0.15, 0.2) is 0 Å². The molecule has 0 heterocycles. The van der Waals surface area contributed by atoms with E-state index in [-0.39, 0.29) is 18.5 Å². The molecule has 6 heteroatoms. The van der Waals surface area contributed by atoms with E-state index < -0.39 is 5.51 Å². The first-order chi connectivity index (χ1) is 6.47. The molecule has 0 fully saturated rings. The molecular formula is C8H9F3N2S. The summed E-state index contributed by atoms with van der Waals surface area (Å²) in [7, 11) is 0. The average molecular weight is 222 g/mol. The zero-order valence-corrected chi connectivity index (χ0v) is 7.95. The van der Waals surface area contributed by atoms with Gasteiger partial charge in [-0.2, -0.15) is 13.2 Å². The van der Waals surface area contributed by atoms with E-state index in [1.807, 2.05) is 0 Å². The minimum atomic E-state index is -4.24. The van der Waals surface area contributed by atoms with Gasteiger partial charge in [-0.15, -0.1) is 0 Å². The standard InChI is InChI=1S/C8H9F3N2S/c9-8(10,11)14-13-5-6-1-3-7(12)4-2-6/h1-4,13H,5,12H2. The Morgan fingerprint density at radius 3 is 2.29 bits per heavy atom. The summed E-state index contributed by atoms with van der Waals surface area (Å²) >= 11 is -0.249. The van der Waals surface area contributed by atoms with Gasteiger partial charge in [-0.25, -0.2) is 0 Å². The number of anilines is 1. The fourth-order valence-corrected chi connectivity index (χ4v) is 1.24. The summed E-state index contributed by atoms with van der Waals surface area (Å²) in [5.74, 6) is 0. The molecule has 0 atom stereocenters. The smallest absolute Gasteiger partial charge is 0.399 e. The summed E-state index contributed by atoms with van der Waals surface area (Å²) < 4.78 is 37.3. The lowest BCUT2D eigenvalue weighted by atomic mass is 10.2. The van der Waals surface area contributed by atoms with Gasteiger partial charge in [0, 0.05) is 24.2 Å². The second-order valence-corrected chi connectivity index (χ2v) is 3.57. The number of hydrogen-bond acceptors (Lipinski definition) is 3. The molecule has 0 aliphatic rings. The Bertz CT molecular complexity index is 284. The van der Waals surface area contributed by atoms with Crippen LogP contribution in [-0.4, -0.2) is 5.51 Å². The molecule has 0 radical (unpaired) electrons. The van der Waals surface area contributed by atoms with Gasteiger partial charge < -0.3 is 5.73 Å². The minimum Gasteiger partial charge on any atom is -0.399 e. The predicted octanol–water partition coefficient (Wildman–Crippen LogP) is 2.53. The zero-order valence-electron chi connectivity index (χ0n) is 7.14. The second-order valence-electron chi connectivity index (χ2n) is 2.61. The van der Waals surface area contributed by atoms with E-state index in [1.54, 1.807) is 24.3 Å². The van der Waals surface area contributed by atoms with Crippen molar-refractivity contribution in [2.24, 2.45) is 0 Å². The van der Waals surface area contributed by atoms with Crippen molar-refractivity contribution in [2.45, 2.75) is 12.1 Å². The summed E-state index contributed by atoms with van der Waals surface area (Å²) in [6.45, 7) is 0.157. The fraction of sp³-hybridized carbons (Fsp3) is 0.250. The molecule has 1 rings (SSSR count). The molecule has 78 valence electrons. The molecule has 0 amide bonds. The molecule has 0 aliphatic carbocycles. The number of nitrogens with two attached hydrogens (primary N) is 1. The third-order valence-electron chi connectivity index (χ3n) is 1.44. The summed E-state index contributed by atoms with van der Waals surface area (Å²) in [5.41, 5.74) is 2.53. The summed E-state index contributed by atoms with van der Waals surface area (Å²) in [6.07, 6.45) is 0. The van der Waals surface area contributed by atoms with Crippen molar-refractivity contribution >= 4 is 17.6 Å². The predicted molar refractivity (Wildman–Crippen MR) is 51.3 cm³/mol. The van der Waals surface area contributed by atoms with Crippen LogP contribution in [0.25, 0.3) is 0 Å². The molecule has 0 unspecified atom stereocenters. The van der Waals surface area contributed by atoms with Gasteiger partial charge in [0.1, 0.15) is 0 Å². The first kappa shape index (κ1) is 11.2. The number of hydrogen-bond donors (Lipinski definition) is 2. The highest BCUT2D eigenvalue weighted by Crippen LogP contribution is 2.27. The average Bonchev–Trinajstić information content (AvgIpc) is 2.06. The summed E-state index contributed by atoms with van der Waals surface area (Å²) in [4.78, 5) is 0. The highest BCUT2D eigenvalue weighted by atomic mass is 32.2. The highest BCUT2D eigenvalue weighted by molar-refractivity contribution is 7.98. The lowest BCUT2D eigenvalue weighted by Gasteiger charge is -2.06. The highest BCUT2D eigenvalue weighted by Gasteiger charge is 2.28. The number of halogens is 3. The number of nitrogens with one attached hydrogen (secondary N) is 1. The topological polar surface area (TPSA) is 38.0 Å². The SMILES string of the molecule is Nc1ccc(CNSC(F)(F)F)cc1. The van der Waals surface area contributed by atoms with Crippen molar-refractivity contribution in [1.82, 2.24) is 4.72 Å². The molecular weight excluding hydrogens is 213 g/mol. The molecule has 0 saturated heterocycles. The van der Waals surface area contributed by atoms with E-state index in [4.69, 9.17) is 5.73 Å². The van der Waals surface area contributed by atoms with Gasteiger partial charge in [-0.3, -0.25) is 4.72 Å². The maximum absolute atomic E-state index is 11.7. The Hall–Kier alpha value is -0.880. The van der Waals surface area contributed by atoms with Gasteiger partial charge in [0.05, 0.1) is 0 Å². The molecule has 0 bridgehead atoms. The van der Waals surface area contributed by atoms with Crippen LogP contribution in [0.15, 0.2) is 24.3 Å². The molecule has 0 aliphatic heterocycles. The largest absolute Gasteiger partial charge is 0.456 e. The minimum absolute atomic E-state index is 0.157. The molecule has 14 heavy (non-hydrogen) atoms. The molecule has 0 spiro atoms. The van der Waals surface area contributed by atoms with Gasteiger partial charge in [0.25, 0.3) is 0 Å². The van der Waals surface area contributed by atoms with Crippen LogP contribution < -0.4 is 10.5 Å². The first-order valence-electron chi connectivity index (χ1n) is 3.79. The zero-order chi connectivity index (χ0) is 10.6.